The van der Waals surface area contributed by atoms with Gasteiger partial charge in [0.05, 0.1) is 6.61 Å². The molecule has 0 aromatic heterocycles. The van der Waals surface area contributed by atoms with Crippen LogP contribution in [0.4, 0.5) is 0 Å². The van der Waals surface area contributed by atoms with E-state index in [9.17, 15) is 5.11 Å². The highest BCUT2D eigenvalue weighted by molar-refractivity contribution is 6.01. The molecule has 30 heavy (non-hydrogen) atoms. The molecule has 4 nitrogen and oxygen atoms in total. The number of nitrogens with one attached hydrogen (secondary N) is 1. The summed E-state index contributed by atoms with van der Waals surface area (Å²) < 4.78 is 5.87. The highest BCUT2D eigenvalue weighted by Crippen LogP contribution is 2.36. The first kappa shape index (κ1) is 20.2. The number of nitrogens with zero attached hydrogens (tertiary/aromatic N) is 1. The number of hydrogen-bond acceptors (Lipinski definition) is 4. The molecular weight excluding hydrogens is 372 g/mol. The Morgan fingerprint density at radius 2 is 1.63 bits per heavy atom. The minimum Gasteiger partial charge on any atom is -0.508 e. The van der Waals surface area contributed by atoms with Crippen LogP contribution in [0.3, 0.4) is 0 Å². The lowest BCUT2D eigenvalue weighted by molar-refractivity contribution is 0.327. The molecule has 1 aliphatic heterocycles. The number of benzene rings is 3. The van der Waals surface area contributed by atoms with Gasteiger partial charge in [0.1, 0.15) is 17.7 Å². The van der Waals surface area contributed by atoms with E-state index < -0.39 is 0 Å². The molecule has 2 N–H and O–H groups in total. The fourth-order valence-corrected chi connectivity index (χ4v) is 3.95. The maximum absolute atomic E-state index is 10.5. The smallest absolute Gasteiger partial charge is 0.129 e. The van der Waals surface area contributed by atoms with Crippen molar-refractivity contribution in [2.24, 2.45) is 4.99 Å². The van der Waals surface area contributed by atoms with Crippen molar-refractivity contribution < 1.29 is 9.84 Å². The SMILES string of the molecule is CCOc1ccccc1C1N=C(c2ccc(CC)cc2)CC(c2ccccc2O)N1. The van der Waals surface area contributed by atoms with Gasteiger partial charge in [-0.15, -0.1) is 0 Å². The van der Waals surface area contributed by atoms with Crippen LogP contribution in [-0.4, -0.2) is 17.4 Å². The highest BCUT2D eigenvalue weighted by atomic mass is 16.5. The molecule has 0 spiro atoms. The van der Waals surface area contributed by atoms with Crippen molar-refractivity contribution in [1.82, 2.24) is 5.32 Å². The van der Waals surface area contributed by atoms with Crippen molar-refractivity contribution >= 4 is 5.71 Å². The van der Waals surface area contributed by atoms with Gasteiger partial charge >= 0.3 is 0 Å². The van der Waals surface area contributed by atoms with Crippen molar-refractivity contribution in [3.8, 4) is 11.5 Å². The maximum Gasteiger partial charge on any atom is 0.129 e. The van der Waals surface area contributed by atoms with Crippen LogP contribution in [0.1, 0.15) is 54.7 Å². The third kappa shape index (κ3) is 4.24. The molecule has 0 aliphatic carbocycles. The van der Waals surface area contributed by atoms with Crippen LogP contribution in [0.5, 0.6) is 11.5 Å². The van der Waals surface area contributed by atoms with Gasteiger partial charge in [0, 0.05) is 29.3 Å². The van der Waals surface area contributed by atoms with Gasteiger partial charge in [0.2, 0.25) is 0 Å². The van der Waals surface area contributed by atoms with Crippen LogP contribution in [0.2, 0.25) is 0 Å². The molecule has 0 saturated heterocycles. The Kier molecular flexibility index (Phi) is 6.15. The minimum atomic E-state index is -0.257. The van der Waals surface area contributed by atoms with Crippen LogP contribution in [0, 0.1) is 0 Å². The first-order valence-corrected chi connectivity index (χ1v) is 10.6. The average molecular weight is 401 g/mol. The van der Waals surface area contributed by atoms with Crippen LogP contribution >= 0.6 is 0 Å². The highest BCUT2D eigenvalue weighted by Gasteiger charge is 2.28. The van der Waals surface area contributed by atoms with E-state index in [1.165, 1.54) is 5.56 Å². The predicted octanol–water partition coefficient (Wildman–Crippen LogP) is 5.58. The quantitative estimate of drug-likeness (QED) is 0.568. The summed E-state index contributed by atoms with van der Waals surface area (Å²) in [5.41, 5.74) is 5.34. The maximum atomic E-state index is 10.5. The summed E-state index contributed by atoms with van der Waals surface area (Å²) in [5.74, 6) is 1.13. The number of hydrogen-bond donors (Lipinski definition) is 2. The van der Waals surface area contributed by atoms with Crippen LogP contribution in [0.15, 0.2) is 77.8 Å². The lowest BCUT2D eigenvalue weighted by Crippen LogP contribution is -2.33. The van der Waals surface area contributed by atoms with Crippen LogP contribution in [-0.2, 0) is 6.42 Å². The summed E-state index contributed by atoms with van der Waals surface area (Å²) in [5, 5.41) is 14.1. The van der Waals surface area contributed by atoms with Crippen molar-refractivity contribution in [1.29, 1.82) is 0 Å². The van der Waals surface area contributed by atoms with E-state index in [1.807, 2.05) is 43.3 Å². The lowest BCUT2D eigenvalue weighted by Gasteiger charge is -2.31. The predicted molar refractivity (Wildman–Crippen MR) is 121 cm³/mol. The summed E-state index contributed by atoms with van der Waals surface area (Å²) in [6.07, 6.45) is 1.46. The van der Waals surface area contributed by atoms with E-state index in [1.54, 1.807) is 6.07 Å². The Hall–Kier alpha value is -3.11. The van der Waals surface area contributed by atoms with Gasteiger partial charge in [0.25, 0.3) is 0 Å². The average Bonchev–Trinajstić information content (AvgIpc) is 2.80. The molecule has 0 amide bonds. The molecule has 0 bridgehead atoms. The third-order valence-electron chi connectivity index (χ3n) is 5.56. The van der Waals surface area contributed by atoms with Crippen molar-refractivity contribution in [2.75, 3.05) is 6.61 Å². The summed E-state index contributed by atoms with van der Waals surface area (Å²) in [4.78, 5) is 5.07. The number of aliphatic imine (C=N–C) groups is 1. The zero-order valence-corrected chi connectivity index (χ0v) is 17.5. The molecule has 2 atom stereocenters. The Balaban J connectivity index is 1.76. The molecule has 1 heterocycles. The van der Waals surface area contributed by atoms with Crippen molar-refractivity contribution in [3.05, 3.63) is 95.1 Å². The summed E-state index contributed by atoms with van der Waals surface area (Å²) in [7, 11) is 0. The number of rotatable bonds is 6. The number of aromatic hydroxyl groups is 1. The van der Waals surface area contributed by atoms with Gasteiger partial charge in [0.15, 0.2) is 0 Å². The largest absolute Gasteiger partial charge is 0.508 e. The van der Waals surface area contributed by atoms with Gasteiger partial charge in [-0.25, -0.2) is 0 Å². The fourth-order valence-electron chi connectivity index (χ4n) is 3.95. The van der Waals surface area contributed by atoms with Gasteiger partial charge in [-0.2, -0.15) is 0 Å². The Morgan fingerprint density at radius 3 is 2.33 bits per heavy atom. The van der Waals surface area contributed by atoms with E-state index >= 15 is 0 Å². The Morgan fingerprint density at radius 1 is 0.933 bits per heavy atom. The molecule has 0 radical (unpaired) electrons. The number of phenolic OH excluding ortho intramolecular Hbond substituents is 1. The number of aryl methyl sites for hydroxylation is 1. The van der Waals surface area contributed by atoms with Gasteiger partial charge in [-0.05, 0) is 36.6 Å². The van der Waals surface area contributed by atoms with E-state index in [2.05, 4.69) is 42.6 Å². The zero-order valence-electron chi connectivity index (χ0n) is 17.5. The normalized spacial score (nSPS) is 18.7. The molecule has 2 unspecified atom stereocenters. The van der Waals surface area contributed by atoms with Gasteiger partial charge < -0.3 is 9.84 Å². The molecular formula is C26H28N2O2. The summed E-state index contributed by atoms with van der Waals surface area (Å²) in [6, 6.07) is 24.1. The summed E-state index contributed by atoms with van der Waals surface area (Å²) in [6.45, 7) is 4.74. The molecule has 1 aliphatic rings. The van der Waals surface area contributed by atoms with Crippen LogP contribution < -0.4 is 10.1 Å². The molecule has 0 fully saturated rings. The molecule has 4 rings (SSSR count). The van der Waals surface area contributed by atoms with Gasteiger partial charge in [-0.3, -0.25) is 10.3 Å². The fraction of sp³-hybridized carbons (Fsp3) is 0.269. The summed E-state index contributed by atoms with van der Waals surface area (Å²) >= 11 is 0. The van der Waals surface area contributed by atoms with Gasteiger partial charge in [-0.1, -0.05) is 67.6 Å². The van der Waals surface area contributed by atoms with E-state index in [-0.39, 0.29) is 12.2 Å². The molecule has 154 valence electrons. The molecule has 4 heteroatoms. The first-order chi connectivity index (χ1) is 14.7. The molecule has 3 aromatic carbocycles. The van der Waals surface area contributed by atoms with E-state index in [0.29, 0.717) is 18.8 Å². The van der Waals surface area contributed by atoms with Crippen molar-refractivity contribution in [2.45, 2.75) is 38.9 Å². The molecule has 3 aromatic rings. The first-order valence-electron chi connectivity index (χ1n) is 10.6. The van der Waals surface area contributed by atoms with E-state index in [0.717, 1.165) is 34.6 Å². The Labute approximate surface area is 178 Å². The Bertz CT molecular complexity index is 1030. The topological polar surface area (TPSA) is 53.9 Å². The second kappa shape index (κ2) is 9.14. The van der Waals surface area contributed by atoms with Crippen LogP contribution in [0.25, 0.3) is 0 Å². The number of ether oxygens (including phenoxy) is 1. The standard InChI is InChI=1S/C26H28N2O2/c1-3-18-13-15-19(16-14-18)22-17-23(20-9-5-7-11-24(20)29)28-26(27-22)21-10-6-8-12-25(21)30-4-2/h5-16,23,26,28-29H,3-4,17H2,1-2H3. The zero-order chi connectivity index (χ0) is 20.9. The second-order valence-corrected chi connectivity index (χ2v) is 7.48. The lowest BCUT2D eigenvalue weighted by atomic mass is 9.93. The minimum absolute atomic E-state index is 0.0516. The van der Waals surface area contributed by atoms with E-state index in [4.69, 9.17) is 9.73 Å². The second-order valence-electron chi connectivity index (χ2n) is 7.48. The number of para-hydroxylation sites is 2. The van der Waals surface area contributed by atoms with Crippen molar-refractivity contribution in [3.63, 3.8) is 0 Å². The third-order valence-corrected chi connectivity index (χ3v) is 5.56. The number of phenols is 1. The molecule has 0 saturated carbocycles. The monoisotopic (exact) mass is 400 g/mol.